The molecule has 0 spiro atoms. The molecule has 2 aromatic heterocycles. The smallest absolute Gasteiger partial charge is 0.268 e. The molecule has 23 heavy (non-hydrogen) atoms. The van der Waals surface area contributed by atoms with Crippen molar-refractivity contribution in [2.45, 2.75) is 19.8 Å². The number of benzene rings is 1. The second kappa shape index (κ2) is 5.60. The molecule has 0 bridgehead atoms. The van der Waals surface area contributed by atoms with Crippen molar-refractivity contribution in [1.82, 2.24) is 20.4 Å². The Morgan fingerprint density at radius 2 is 1.30 bits per heavy atom. The average Bonchev–Trinajstić information content (AvgIpc) is 3.05. The molecule has 2 heterocycles. The maximum absolute atomic E-state index is 13.0. The molecule has 0 radical (unpaired) electrons. The van der Waals surface area contributed by atoms with Crippen LogP contribution in [-0.4, -0.2) is 26.2 Å². The molecule has 4 N–H and O–H groups in total. The molecular formula is C16H16N4O3. The Kier molecular flexibility index (Phi) is 3.61. The quantitative estimate of drug-likeness (QED) is 0.545. The lowest BCUT2D eigenvalue weighted by Gasteiger charge is -2.14. The van der Waals surface area contributed by atoms with E-state index < -0.39 is 17.0 Å². The Balaban J connectivity index is 2.26. The fraction of sp³-hybridized carbons (Fsp3) is 0.188. The standard InChI is InChI=1S/C16H16N4O3/c1-8-11(15(22)19-17-8)13(12-9(2)18-20-16(12)23)14(21)10-6-4-3-5-7-10/h3-7,13H,1-2H3,(H2,17,19,22)(H2,18,20,23). The molecule has 0 unspecified atom stereocenters. The molecule has 0 atom stereocenters. The minimum absolute atomic E-state index is 0.257. The van der Waals surface area contributed by atoms with Crippen LogP contribution in [0.15, 0.2) is 39.9 Å². The maximum atomic E-state index is 13.0. The number of H-pyrrole nitrogens is 4. The van der Waals surface area contributed by atoms with Crippen molar-refractivity contribution >= 4 is 5.78 Å². The Morgan fingerprint density at radius 3 is 1.70 bits per heavy atom. The Labute approximate surface area is 130 Å². The Hall–Kier alpha value is -3.09. The summed E-state index contributed by atoms with van der Waals surface area (Å²) in [6.45, 7) is 3.38. The molecule has 118 valence electrons. The largest absolute Gasteiger partial charge is 0.302 e. The van der Waals surface area contributed by atoms with E-state index in [2.05, 4.69) is 20.4 Å². The van der Waals surface area contributed by atoms with Gasteiger partial charge >= 0.3 is 0 Å². The lowest BCUT2D eigenvalue weighted by Crippen LogP contribution is -2.25. The monoisotopic (exact) mass is 312 g/mol. The third-order valence-corrected chi connectivity index (χ3v) is 3.92. The summed E-state index contributed by atoms with van der Waals surface area (Å²) in [6, 6.07) is 8.62. The van der Waals surface area contributed by atoms with E-state index in [1.54, 1.807) is 44.2 Å². The topological polar surface area (TPSA) is 114 Å². The summed E-state index contributed by atoms with van der Waals surface area (Å²) in [6.07, 6.45) is 0. The molecule has 0 aliphatic carbocycles. The van der Waals surface area contributed by atoms with Crippen molar-refractivity contribution in [3.05, 3.63) is 79.1 Å². The highest BCUT2D eigenvalue weighted by atomic mass is 16.1. The molecular weight excluding hydrogens is 296 g/mol. The van der Waals surface area contributed by atoms with Crippen molar-refractivity contribution in [3.63, 3.8) is 0 Å². The van der Waals surface area contributed by atoms with Gasteiger partial charge in [-0.1, -0.05) is 30.3 Å². The van der Waals surface area contributed by atoms with Crippen LogP contribution in [0.25, 0.3) is 0 Å². The van der Waals surface area contributed by atoms with Gasteiger partial charge in [-0.05, 0) is 13.8 Å². The first kappa shape index (κ1) is 14.8. The fourth-order valence-corrected chi connectivity index (χ4v) is 2.78. The molecule has 3 rings (SSSR count). The molecule has 0 amide bonds. The normalized spacial score (nSPS) is 11.1. The van der Waals surface area contributed by atoms with E-state index in [-0.39, 0.29) is 16.9 Å². The Bertz CT molecular complexity index is 905. The SMILES string of the molecule is Cc1[nH][nH]c(=O)c1C(C(=O)c1ccccc1)c1c(C)[nH][nH]c1=O. The minimum Gasteiger partial charge on any atom is -0.302 e. The number of rotatable bonds is 4. The van der Waals surface area contributed by atoms with Gasteiger partial charge in [0, 0.05) is 17.0 Å². The highest BCUT2D eigenvalue weighted by Gasteiger charge is 2.32. The van der Waals surface area contributed by atoms with Gasteiger partial charge < -0.3 is 10.2 Å². The predicted molar refractivity (Wildman–Crippen MR) is 84.9 cm³/mol. The van der Waals surface area contributed by atoms with E-state index in [1.807, 2.05) is 0 Å². The van der Waals surface area contributed by atoms with Crippen LogP contribution in [0.1, 0.15) is 38.8 Å². The number of nitrogens with one attached hydrogen (secondary N) is 4. The molecule has 0 fully saturated rings. The molecule has 7 heteroatoms. The first-order valence-corrected chi connectivity index (χ1v) is 7.14. The number of hydrogen-bond donors (Lipinski definition) is 4. The zero-order valence-electron chi connectivity index (χ0n) is 12.7. The van der Waals surface area contributed by atoms with E-state index in [0.717, 1.165) is 0 Å². The number of aryl methyl sites for hydroxylation is 2. The summed E-state index contributed by atoms with van der Waals surface area (Å²) in [7, 11) is 0. The minimum atomic E-state index is -0.970. The number of aromatic nitrogens is 4. The molecule has 7 nitrogen and oxygen atoms in total. The third-order valence-electron chi connectivity index (χ3n) is 3.92. The van der Waals surface area contributed by atoms with Crippen LogP contribution in [0.5, 0.6) is 0 Å². The van der Waals surface area contributed by atoms with Gasteiger partial charge in [0.05, 0.1) is 17.0 Å². The van der Waals surface area contributed by atoms with Gasteiger partial charge in [-0.3, -0.25) is 24.6 Å². The summed E-state index contributed by atoms with van der Waals surface area (Å²) in [4.78, 5) is 37.4. The van der Waals surface area contributed by atoms with Crippen molar-refractivity contribution < 1.29 is 4.79 Å². The van der Waals surface area contributed by atoms with E-state index in [1.165, 1.54) is 0 Å². The molecule has 0 aliphatic rings. The van der Waals surface area contributed by atoms with Gasteiger partial charge in [-0.2, -0.15) is 0 Å². The van der Waals surface area contributed by atoms with Gasteiger partial charge in [-0.15, -0.1) is 0 Å². The van der Waals surface area contributed by atoms with Crippen LogP contribution >= 0.6 is 0 Å². The summed E-state index contributed by atoms with van der Waals surface area (Å²) < 4.78 is 0. The van der Waals surface area contributed by atoms with Crippen molar-refractivity contribution in [2.75, 3.05) is 0 Å². The Morgan fingerprint density at radius 1 is 0.826 bits per heavy atom. The van der Waals surface area contributed by atoms with Crippen LogP contribution in [0.3, 0.4) is 0 Å². The molecule has 1 aromatic carbocycles. The summed E-state index contributed by atoms with van der Waals surface area (Å²) in [5.74, 6) is -1.27. The summed E-state index contributed by atoms with van der Waals surface area (Å²) in [5, 5.41) is 10.4. The number of ketones is 1. The summed E-state index contributed by atoms with van der Waals surface area (Å²) >= 11 is 0. The fourth-order valence-electron chi connectivity index (χ4n) is 2.78. The van der Waals surface area contributed by atoms with Gasteiger partial charge in [0.15, 0.2) is 5.78 Å². The van der Waals surface area contributed by atoms with Gasteiger partial charge in [0.2, 0.25) is 0 Å². The highest BCUT2D eigenvalue weighted by molar-refractivity contribution is 6.03. The van der Waals surface area contributed by atoms with E-state index in [9.17, 15) is 14.4 Å². The number of Topliss-reactive ketones (excluding diaryl/α,β-unsaturated/α-hetero) is 1. The van der Waals surface area contributed by atoms with Crippen LogP contribution in [-0.2, 0) is 0 Å². The first-order valence-electron chi connectivity index (χ1n) is 7.14. The van der Waals surface area contributed by atoms with Gasteiger partial charge in [0.25, 0.3) is 11.1 Å². The number of aromatic amines is 4. The van der Waals surface area contributed by atoms with Crippen molar-refractivity contribution in [1.29, 1.82) is 0 Å². The second-order valence-corrected chi connectivity index (χ2v) is 5.40. The summed E-state index contributed by atoms with van der Waals surface area (Å²) in [5.41, 5.74) is 1.21. The number of carbonyl (C=O) groups excluding carboxylic acids is 1. The van der Waals surface area contributed by atoms with Gasteiger partial charge in [-0.25, -0.2) is 0 Å². The number of carbonyl (C=O) groups is 1. The van der Waals surface area contributed by atoms with E-state index >= 15 is 0 Å². The average molecular weight is 312 g/mol. The van der Waals surface area contributed by atoms with Crippen molar-refractivity contribution in [2.24, 2.45) is 0 Å². The molecule has 3 aromatic rings. The number of hydrogen-bond acceptors (Lipinski definition) is 3. The highest BCUT2D eigenvalue weighted by Crippen LogP contribution is 2.27. The molecule has 0 aliphatic heterocycles. The van der Waals surface area contributed by atoms with E-state index in [0.29, 0.717) is 17.0 Å². The van der Waals surface area contributed by atoms with Crippen molar-refractivity contribution in [3.8, 4) is 0 Å². The van der Waals surface area contributed by atoms with Crippen LogP contribution < -0.4 is 11.1 Å². The van der Waals surface area contributed by atoms with E-state index in [4.69, 9.17) is 0 Å². The first-order chi connectivity index (χ1) is 11.0. The lowest BCUT2D eigenvalue weighted by atomic mass is 9.85. The third kappa shape index (κ3) is 2.46. The van der Waals surface area contributed by atoms with Crippen LogP contribution in [0.4, 0.5) is 0 Å². The van der Waals surface area contributed by atoms with Gasteiger partial charge in [0.1, 0.15) is 0 Å². The lowest BCUT2D eigenvalue weighted by molar-refractivity contribution is 0.0972. The second-order valence-electron chi connectivity index (χ2n) is 5.40. The maximum Gasteiger partial charge on any atom is 0.268 e. The predicted octanol–water partition coefficient (Wildman–Crippen LogP) is 1.35. The van der Waals surface area contributed by atoms with Crippen LogP contribution in [0, 0.1) is 13.8 Å². The van der Waals surface area contributed by atoms with Crippen LogP contribution in [0.2, 0.25) is 0 Å². The zero-order chi connectivity index (χ0) is 16.6. The molecule has 0 saturated carbocycles. The molecule has 0 saturated heterocycles. The zero-order valence-corrected chi connectivity index (χ0v) is 12.7.